The number of nitrogens with zero attached hydrogens (tertiary/aromatic N) is 2. The van der Waals surface area contributed by atoms with Gasteiger partial charge in [-0.3, -0.25) is 4.79 Å². The normalized spacial score (nSPS) is 17.5. The maximum absolute atomic E-state index is 12.7. The van der Waals surface area contributed by atoms with E-state index in [1.807, 2.05) is 20.8 Å². The lowest BCUT2D eigenvalue weighted by Crippen LogP contribution is -2.26. The quantitative estimate of drug-likeness (QED) is 0.749. The summed E-state index contributed by atoms with van der Waals surface area (Å²) in [5.74, 6) is -0.123. The van der Waals surface area contributed by atoms with E-state index in [2.05, 4.69) is 20.8 Å². The van der Waals surface area contributed by atoms with Crippen LogP contribution in [0.4, 0.5) is 0 Å². The van der Waals surface area contributed by atoms with Crippen LogP contribution in [-0.4, -0.2) is 41.8 Å². The molecule has 1 amide bonds. The van der Waals surface area contributed by atoms with Crippen molar-refractivity contribution in [2.24, 2.45) is 0 Å². The van der Waals surface area contributed by atoms with Crippen molar-refractivity contribution >= 4 is 17.0 Å². The Kier molecular flexibility index (Phi) is 5.65. The summed E-state index contributed by atoms with van der Waals surface area (Å²) in [7, 11) is 0. The first kappa shape index (κ1) is 17.8. The molecule has 7 nitrogen and oxygen atoms in total. The smallest absolute Gasteiger partial charge is 0.259 e. The van der Waals surface area contributed by atoms with Gasteiger partial charge >= 0.3 is 0 Å². The largest absolute Gasteiger partial charge is 0.379 e. The molecule has 3 rings (SSSR count). The molecule has 0 aromatic carbocycles. The van der Waals surface area contributed by atoms with E-state index in [4.69, 9.17) is 9.26 Å². The summed E-state index contributed by atoms with van der Waals surface area (Å²) >= 11 is 0. The Bertz CT molecular complexity index is 735. The van der Waals surface area contributed by atoms with Crippen molar-refractivity contribution in [1.29, 1.82) is 0 Å². The fourth-order valence-electron chi connectivity index (χ4n) is 3.12. The molecular weight excluding hydrogens is 320 g/mol. The van der Waals surface area contributed by atoms with Crippen LogP contribution in [0.2, 0.25) is 0 Å². The molecule has 0 saturated carbocycles. The van der Waals surface area contributed by atoms with Gasteiger partial charge in [-0.2, -0.15) is 0 Å². The van der Waals surface area contributed by atoms with E-state index in [0.717, 1.165) is 42.6 Å². The Hall–Kier alpha value is -1.99. The zero-order valence-corrected chi connectivity index (χ0v) is 15.1. The zero-order valence-electron chi connectivity index (χ0n) is 15.1. The maximum atomic E-state index is 12.7. The molecule has 2 aromatic rings. The molecule has 3 heterocycles. The molecule has 0 aliphatic carbocycles. The molecule has 25 heavy (non-hydrogen) atoms. The summed E-state index contributed by atoms with van der Waals surface area (Å²) in [6.45, 7) is 8.00. The molecule has 2 aromatic heterocycles. The zero-order chi connectivity index (χ0) is 17.8. The SMILES string of the molecule is Cc1cc(C(=O)NCCCOC(C)C)c2c(C3CCCN3)noc2n1. The summed E-state index contributed by atoms with van der Waals surface area (Å²) in [6.07, 6.45) is 3.06. The van der Waals surface area contributed by atoms with Crippen molar-refractivity contribution in [2.75, 3.05) is 19.7 Å². The molecule has 7 heteroatoms. The van der Waals surface area contributed by atoms with Gasteiger partial charge in [0, 0.05) is 18.8 Å². The Morgan fingerprint density at radius 2 is 2.36 bits per heavy atom. The summed E-state index contributed by atoms with van der Waals surface area (Å²) in [5.41, 5.74) is 2.53. The van der Waals surface area contributed by atoms with Crippen molar-refractivity contribution in [3.05, 3.63) is 23.0 Å². The number of nitrogens with one attached hydrogen (secondary N) is 2. The average molecular weight is 346 g/mol. The maximum Gasteiger partial charge on any atom is 0.259 e. The number of rotatable bonds is 7. The molecule has 1 aliphatic rings. The van der Waals surface area contributed by atoms with Gasteiger partial charge in [0.1, 0.15) is 5.69 Å². The number of hydrogen-bond donors (Lipinski definition) is 2. The first-order valence-electron chi connectivity index (χ1n) is 8.96. The summed E-state index contributed by atoms with van der Waals surface area (Å²) in [6, 6.07) is 1.93. The Morgan fingerprint density at radius 3 is 3.08 bits per heavy atom. The average Bonchev–Trinajstić information content (AvgIpc) is 3.21. The number of carbonyl (C=O) groups excluding carboxylic acids is 1. The van der Waals surface area contributed by atoms with Crippen molar-refractivity contribution in [3.8, 4) is 0 Å². The van der Waals surface area contributed by atoms with Crippen LogP contribution in [0.15, 0.2) is 10.6 Å². The molecule has 1 atom stereocenters. The molecule has 0 spiro atoms. The first-order valence-corrected chi connectivity index (χ1v) is 8.96. The minimum Gasteiger partial charge on any atom is -0.379 e. The highest BCUT2D eigenvalue weighted by Crippen LogP contribution is 2.31. The third-order valence-corrected chi connectivity index (χ3v) is 4.29. The van der Waals surface area contributed by atoms with Gasteiger partial charge in [0.05, 0.1) is 23.1 Å². The third-order valence-electron chi connectivity index (χ3n) is 4.29. The minimum atomic E-state index is -0.123. The number of fused-ring (bicyclic) bond motifs is 1. The van der Waals surface area contributed by atoms with Crippen LogP contribution < -0.4 is 10.6 Å². The van der Waals surface area contributed by atoms with Crippen molar-refractivity contribution in [1.82, 2.24) is 20.8 Å². The van der Waals surface area contributed by atoms with E-state index in [0.29, 0.717) is 24.4 Å². The van der Waals surface area contributed by atoms with Gasteiger partial charge in [0.2, 0.25) is 0 Å². The lowest BCUT2D eigenvalue weighted by Gasteiger charge is -2.11. The van der Waals surface area contributed by atoms with Crippen LogP contribution in [-0.2, 0) is 4.74 Å². The van der Waals surface area contributed by atoms with E-state index >= 15 is 0 Å². The number of aryl methyl sites for hydroxylation is 1. The van der Waals surface area contributed by atoms with Gasteiger partial charge < -0.3 is 19.9 Å². The number of ether oxygens (including phenoxy) is 1. The van der Waals surface area contributed by atoms with E-state index < -0.39 is 0 Å². The number of carbonyl (C=O) groups is 1. The molecule has 0 radical (unpaired) electrons. The Balaban J connectivity index is 1.77. The molecular formula is C18H26N4O3. The topological polar surface area (TPSA) is 89.3 Å². The number of amides is 1. The molecule has 1 aliphatic heterocycles. The van der Waals surface area contributed by atoms with Gasteiger partial charge in [-0.05, 0) is 52.6 Å². The predicted molar refractivity (Wildman–Crippen MR) is 94.6 cm³/mol. The van der Waals surface area contributed by atoms with Crippen LogP contribution in [0.3, 0.4) is 0 Å². The highest BCUT2D eigenvalue weighted by atomic mass is 16.5. The highest BCUT2D eigenvalue weighted by molar-refractivity contribution is 6.06. The Morgan fingerprint density at radius 1 is 1.52 bits per heavy atom. The monoisotopic (exact) mass is 346 g/mol. The van der Waals surface area contributed by atoms with E-state index in [1.165, 1.54) is 0 Å². The third kappa shape index (κ3) is 4.16. The van der Waals surface area contributed by atoms with Crippen LogP contribution in [0.25, 0.3) is 11.1 Å². The van der Waals surface area contributed by atoms with Crippen LogP contribution in [0, 0.1) is 6.92 Å². The second kappa shape index (κ2) is 7.93. The fraction of sp³-hybridized carbons (Fsp3) is 0.611. The van der Waals surface area contributed by atoms with Crippen LogP contribution in [0.5, 0.6) is 0 Å². The van der Waals surface area contributed by atoms with Crippen LogP contribution in [0.1, 0.15) is 60.9 Å². The van der Waals surface area contributed by atoms with Gasteiger partial charge in [-0.25, -0.2) is 4.98 Å². The lowest BCUT2D eigenvalue weighted by molar-refractivity contribution is 0.0757. The van der Waals surface area contributed by atoms with Crippen molar-refractivity contribution < 1.29 is 14.1 Å². The van der Waals surface area contributed by atoms with Gasteiger partial charge in [0.15, 0.2) is 0 Å². The molecule has 1 unspecified atom stereocenters. The molecule has 1 saturated heterocycles. The minimum absolute atomic E-state index is 0.122. The molecule has 1 fully saturated rings. The molecule has 2 N–H and O–H groups in total. The first-order chi connectivity index (χ1) is 12.1. The number of pyridine rings is 1. The van der Waals surface area contributed by atoms with Crippen molar-refractivity contribution in [3.63, 3.8) is 0 Å². The molecule has 136 valence electrons. The second-order valence-electron chi connectivity index (χ2n) is 6.74. The van der Waals surface area contributed by atoms with E-state index in [1.54, 1.807) is 6.07 Å². The highest BCUT2D eigenvalue weighted by Gasteiger charge is 2.26. The number of hydrogen-bond acceptors (Lipinski definition) is 6. The van der Waals surface area contributed by atoms with E-state index in [9.17, 15) is 4.79 Å². The molecule has 0 bridgehead atoms. The summed E-state index contributed by atoms with van der Waals surface area (Å²) < 4.78 is 10.9. The van der Waals surface area contributed by atoms with Gasteiger partial charge in [0.25, 0.3) is 11.6 Å². The second-order valence-corrected chi connectivity index (χ2v) is 6.74. The van der Waals surface area contributed by atoms with Gasteiger partial charge in [-0.15, -0.1) is 0 Å². The predicted octanol–water partition coefficient (Wildman–Crippen LogP) is 2.50. The van der Waals surface area contributed by atoms with Crippen molar-refractivity contribution in [2.45, 2.75) is 52.2 Å². The van der Waals surface area contributed by atoms with E-state index in [-0.39, 0.29) is 18.1 Å². The summed E-state index contributed by atoms with van der Waals surface area (Å²) in [4.78, 5) is 17.1. The van der Waals surface area contributed by atoms with Gasteiger partial charge in [-0.1, -0.05) is 5.16 Å². The summed E-state index contributed by atoms with van der Waals surface area (Å²) in [5, 5.41) is 11.3. The lowest BCUT2D eigenvalue weighted by atomic mass is 10.0. The standard InChI is InChI=1S/C18H26N4O3/c1-11(2)24-9-5-8-20-17(23)13-10-12(3)21-18-15(13)16(22-25-18)14-6-4-7-19-14/h10-11,14,19H,4-9H2,1-3H3,(H,20,23). The number of aromatic nitrogens is 2. The Labute approximate surface area is 147 Å². The van der Waals surface area contributed by atoms with Crippen LogP contribution >= 0.6 is 0 Å². The fourth-order valence-corrected chi connectivity index (χ4v) is 3.12.